The summed E-state index contributed by atoms with van der Waals surface area (Å²) in [5, 5.41) is 0.564. The number of nitrogens with zero attached hydrogens (tertiary/aromatic N) is 2. The van der Waals surface area contributed by atoms with E-state index in [1.165, 1.54) is 32.1 Å². The van der Waals surface area contributed by atoms with Crippen LogP contribution in [0.2, 0.25) is 0 Å². The molecule has 0 bridgehead atoms. The molecule has 28 heavy (non-hydrogen) atoms. The van der Waals surface area contributed by atoms with Crippen molar-refractivity contribution in [3.05, 3.63) is 23.4 Å². The highest BCUT2D eigenvalue weighted by molar-refractivity contribution is 7.80. The van der Waals surface area contributed by atoms with Crippen molar-refractivity contribution in [2.45, 2.75) is 32.1 Å². The number of rotatable bonds is 6. The second-order valence-electron chi connectivity index (χ2n) is 7.25. The average molecular weight is 405 g/mol. The first-order valence-corrected chi connectivity index (χ1v) is 10.0. The molecule has 0 radical (unpaired) electrons. The van der Waals surface area contributed by atoms with Crippen LogP contribution in [0.25, 0.3) is 6.08 Å². The fourth-order valence-corrected chi connectivity index (χ4v) is 4.20. The molecule has 0 unspecified atom stereocenters. The van der Waals surface area contributed by atoms with E-state index in [0.717, 1.165) is 5.56 Å². The Kier molecular flexibility index (Phi) is 6.44. The van der Waals surface area contributed by atoms with Gasteiger partial charge in [0.15, 0.2) is 16.6 Å². The molecule has 3 rings (SSSR count). The average Bonchev–Trinajstić information content (AvgIpc) is 2.92. The van der Waals surface area contributed by atoms with Crippen LogP contribution < -0.4 is 14.2 Å². The monoisotopic (exact) mass is 404 g/mol. The number of hydrogen-bond donors (Lipinski definition) is 0. The van der Waals surface area contributed by atoms with Gasteiger partial charge in [-0.25, -0.2) is 0 Å². The second-order valence-corrected chi connectivity index (χ2v) is 7.61. The van der Waals surface area contributed by atoms with Gasteiger partial charge in [0, 0.05) is 13.6 Å². The lowest BCUT2D eigenvalue weighted by molar-refractivity contribution is -0.123. The van der Waals surface area contributed by atoms with E-state index < -0.39 is 0 Å². The molecule has 152 valence electrons. The number of carbonyl (C=O) groups excluding carboxylic acids is 1. The molecule has 0 atom stereocenters. The molecule has 2 aliphatic rings. The van der Waals surface area contributed by atoms with Crippen molar-refractivity contribution in [1.29, 1.82) is 0 Å². The van der Waals surface area contributed by atoms with Gasteiger partial charge in [0.1, 0.15) is 5.70 Å². The van der Waals surface area contributed by atoms with E-state index in [-0.39, 0.29) is 5.91 Å². The third kappa shape index (κ3) is 3.94. The standard InChI is InChI=1S/C21H28N2O4S/c1-22-16(10-15-11-17(25-2)19(27-4)18(12-15)26-3)20(24)23(21(22)28)13-14-8-6-5-7-9-14/h10-12,14H,5-9,13H2,1-4H3/b16-10+. The lowest BCUT2D eigenvalue weighted by Crippen LogP contribution is -2.36. The third-order valence-electron chi connectivity index (χ3n) is 5.50. The molecule has 6 nitrogen and oxygen atoms in total. The minimum atomic E-state index is -0.0492. The molecule has 0 N–H and O–H groups in total. The zero-order valence-electron chi connectivity index (χ0n) is 17.0. The molecule has 7 heteroatoms. The molecule has 1 aliphatic heterocycles. The smallest absolute Gasteiger partial charge is 0.276 e. The first kappa shape index (κ1) is 20.5. The molecule has 1 saturated heterocycles. The van der Waals surface area contributed by atoms with E-state index >= 15 is 0 Å². The van der Waals surface area contributed by atoms with Crippen molar-refractivity contribution in [2.24, 2.45) is 5.92 Å². The Morgan fingerprint density at radius 3 is 2.21 bits per heavy atom. The summed E-state index contributed by atoms with van der Waals surface area (Å²) in [6.45, 7) is 0.703. The number of ether oxygens (including phenoxy) is 3. The predicted octanol–water partition coefficient (Wildman–Crippen LogP) is 3.69. The summed E-state index contributed by atoms with van der Waals surface area (Å²) in [6, 6.07) is 3.64. The highest BCUT2D eigenvalue weighted by atomic mass is 32.1. The fraction of sp³-hybridized carbons (Fsp3) is 0.524. The Balaban J connectivity index is 1.89. The van der Waals surface area contributed by atoms with Gasteiger partial charge in [-0.15, -0.1) is 0 Å². The quantitative estimate of drug-likeness (QED) is 0.532. The van der Waals surface area contributed by atoms with E-state index in [1.54, 1.807) is 31.1 Å². The summed E-state index contributed by atoms with van der Waals surface area (Å²) in [6.07, 6.45) is 7.93. The van der Waals surface area contributed by atoms with Gasteiger partial charge in [0.2, 0.25) is 5.75 Å². The van der Waals surface area contributed by atoms with Gasteiger partial charge in [-0.2, -0.15) is 0 Å². The van der Waals surface area contributed by atoms with Gasteiger partial charge >= 0.3 is 0 Å². The molecule has 1 aromatic carbocycles. The number of thiocarbonyl (C=S) groups is 1. The zero-order valence-corrected chi connectivity index (χ0v) is 17.8. The van der Waals surface area contributed by atoms with E-state index in [9.17, 15) is 4.79 Å². The first-order valence-electron chi connectivity index (χ1n) is 9.61. The molecular formula is C21H28N2O4S. The van der Waals surface area contributed by atoms with Gasteiger partial charge in [-0.3, -0.25) is 9.69 Å². The molecule has 0 spiro atoms. The van der Waals surface area contributed by atoms with Gasteiger partial charge in [-0.05, 0) is 54.7 Å². The van der Waals surface area contributed by atoms with E-state index in [0.29, 0.717) is 40.5 Å². The number of likely N-dealkylation sites (N-methyl/N-ethyl adjacent to an activating group) is 1. The predicted molar refractivity (Wildman–Crippen MR) is 113 cm³/mol. The first-order chi connectivity index (χ1) is 13.5. The molecule has 1 saturated carbocycles. The lowest BCUT2D eigenvalue weighted by Gasteiger charge is -2.26. The number of methoxy groups -OCH3 is 3. The van der Waals surface area contributed by atoms with Gasteiger partial charge in [0.05, 0.1) is 21.3 Å². The van der Waals surface area contributed by atoms with Crippen LogP contribution in [0, 0.1) is 5.92 Å². The summed E-state index contributed by atoms with van der Waals surface area (Å²) in [5.74, 6) is 2.09. The second kappa shape index (κ2) is 8.82. The SMILES string of the molecule is COc1cc(/C=C2\C(=O)N(CC3CCCCC3)C(=S)N2C)cc(OC)c1OC. The summed E-state index contributed by atoms with van der Waals surface area (Å²) in [7, 11) is 6.55. The minimum absolute atomic E-state index is 0.0492. The van der Waals surface area contributed by atoms with E-state index in [2.05, 4.69) is 0 Å². The molecule has 0 aromatic heterocycles. The number of amides is 1. The number of carbonyl (C=O) groups is 1. The van der Waals surface area contributed by atoms with Crippen molar-refractivity contribution in [2.75, 3.05) is 34.9 Å². The normalized spacial score (nSPS) is 19.5. The largest absolute Gasteiger partial charge is 0.493 e. The molecule has 2 fully saturated rings. The Hall–Kier alpha value is -2.28. The summed E-state index contributed by atoms with van der Waals surface area (Å²) in [5.41, 5.74) is 1.34. The lowest BCUT2D eigenvalue weighted by atomic mass is 9.89. The highest BCUT2D eigenvalue weighted by Gasteiger charge is 2.37. The molecular weight excluding hydrogens is 376 g/mol. The van der Waals surface area contributed by atoms with Crippen molar-refractivity contribution < 1.29 is 19.0 Å². The fourth-order valence-electron chi connectivity index (χ4n) is 3.94. The number of benzene rings is 1. The Morgan fingerprint density at radius 1 is 1.07 bits per heavy atom. The molecule has 1 aliphatic carbocycles. The maximum absolute atomic E-state index is 13.1. The van der Waals surface area contributed by atoms with Gasteiger partial charge in [-0.1, -0.05) is 19.3 Å². The molecule has 1 aromatic rings. The van der Waals surface area contributed by atoms with Crippen LogP contribution in [0.4, 0.5) is 0 Å². The van der Waals surface area contributed by atoms with Gasteiger partial charge < -0.3 is 19.1 Å². The molecule has 1 amide bonds. The third-order valence-corrected chi connectivity index (χ3v) is 5.99. The van der Waals surface area contributed by atoms with Crippen LogP contribution in [0.15, 0.2) is 17.8 Å². The van der Waals surface area contributed by atoms with E-state index in [4.69, 9.17) is 26.4 Å². The van der Waals surface area contributed by atoms with Crippen molar-refractivity contribution in [1.82, 2.24) is 9.80 Å². The Labute approximate surface area is 172 Å². The van der Waals surface area contributed by atoms with Gasteiger partial charge in [0.25, 0.3) is 5.91 Å². The van der Waals surface area contributed by atoms with Crippen molar-refractivity contribution in [3.8, 4) is 17.2 Å². The minimum Gasteiger partial charge on any atom is -0.493 e. The molecule has 1 heterocycles. The van der Waals surface area contributed by atoms with Crippen LogP contribution >= 0.6 is 12.2 Å². The Bertz CT molecular complexity index is 762. The topological polar surface area (TPSA) is 51.2 Å². The van der Waals surface area contributed by atoms with Crippen LogP contribution in [-0.4, -0.2) is 55.7 Å². The van der Waals surface area contributed by atoms with Crippen LogP contribution in [0.3, 0.4) is 0 Å². The summed E-state index contributed by atoms with van der Waals surface area (Å²) in [4.78, 5) is 16.6. The van der Waals surface area contributed by atoms with Crippen LogP contribution in [-0.2, 0) is 4.79 Å². The maximum atomic E-state index is 13.1. The van der Waals surface area contributed by atoms with Crippen molar-refractivity contribution in [3.63, 3.8) is 0 Å². The van der Waals surface area contributed by atoms with Crippen LogP contribution in [0.1, 0.15) is 37.7 Å². The summed E-state index contributed by atoms with van der Waals surface area (Å²) >= 11 is 5.56. The zero-order chi connectivity index (χ0) is 20.3. The van der Waals surface area contributed by atoms with Crippen LogP contribution in [0.5, 0.6) is 17.2 Å². The van der Waals surface area contributed by atoms with Crippen molar-refractivity contribution >= 4 is 29.3 Å². The summed E-state index contributed by atoms with van der Waals surface area (Å²) < 4.78 is 16.2. The van der Waals surface area contributed by atoms with E-state index in [1.807, 2.05) is 25.3 Å². The maximum Gasteiger partial charge on any atom is 0.276 e. The highest BCUT2D eigenvalue weighted by Crippen LogP contribution is 2.39. The number of hydrogen-bond acceptors (Lipinski definition) is 5. The Morgan fingerprint density at radius 2 is 1.68 bits per heavy atom.